The fraction of sp³-hybridized carbons (Fsp3) is 0.400. The second kappa shape index (κ2) is 13.4. The summed E-state index contributed by atoms with van der Waals surface area (Å²) in [5.74, 6) is 2.69. The van der Waals surface area contributed by atoms with Crippen molar-refractivity contribution in [2.24, 2.45) is 0 Å². The molecule has 5 rings (SSSR count). The number of rotatable bonds is 8. The maximum atomic E-state index is 5.77. The Balaban J connectivity index is 0.00000190. The first kappa shape index (κ1) is 29.1. The van der Waals surface area contributed by atoms with Gasteiger partial charge in [0.25, 0.3) is 0 Å². The summed E-state index contributed by atoms with van der Waals surface area (Å²) in [6, 6.07) is 26.9. The van der Waals surface area contributed by atoms with Gasteiger partial charge in [0, 0.05) is 49.8 Å². The molecule has 0 radical (unpaired) electrons. The zero-order valence-electron chi connectivity index (χ0n) is 21.8. The number of hydrogen-bond donors (Lipinski definition) is 0. The van der Waals surface area contributed by atoms with Crippen LogP contribution in [-0.4, -0.2) is 62.8 Å². The predicted molar refractivity (Wildman–Crippen MR) is 154 cm³/mol. The molecular weight excluding hydrogens is 507 g/mol. The fourth-order valence-corrected chi connectivity index (χ4v) is 6.07. The molecule has 2 atom stereocenters. The predicted octanol–water partition coefficient (Wildman–Crippen LogP) is 6.04. The van der Waals surface area contributed by atoms with E-state index in [1.807, 2.05) is 12.1 Å². The molecule has 0 amide bonds. The van der Waals surface area contributed by atoms with Crippen molar-refractivity contribution in [1.29, 1.82) is 0 Å². The Labute approximate surface area is 233 Å². The van der Waals surface area contributed by atoms with Crippen molar-refractivity contribution in [2.45, 2.75) is 37.4 Å². The monoisotopic (exact) mass is 544 g/mol. The molecule has 2 fully saturated rings. The Morgan fingerprint density at radius 3 is 1.86 bits per heavy atom. The van der Waals surface area contributed by atoms with Crippen molar-refractivity contribution in [3.8, 4) is 17.2 Å². The highest BCUT2D eigenvalue weighted by Gasteiger charge is 2.42. The van der Waals surface area contributed by atoms with Gasteiger partial charge in [-0.1, -0.05) is 60.7 Å². The molecule has 2 saturated heterocycles. The molecular formula is C30H38Cl2N2O3. The van der Waals surface area contributed by atoms with E-state index in [2.05, 4.69) is 70.5 Å². The van der Waals surface area contributed by atoms with Crippen LogP contribution in [0.4, 0.5) is 0 Å². The lowest BCUT2D eigenvalue weighted by Crippen LogP contribution is -2.57. The van der Waals surface area contributed by atoms with Gasteiger partial charge in [-0.15, -0.1) is 24.8 Å². The highest BCUT2D eigenvalue weighted by atomic mass is 35.5. The summed E-state index contributed by atoms with van der Waals surface area (Å²) in [5, 5.41) is 0. The number of nitrogens with zero attached hydrogens (tertiary/aromatic N) is 2. The topological polar surface area (TPSA) is 34.2 Å². The lowest BCUT2D eigenvalue weighted by molar-refractivity contribution is 0.0377. The van der Waals surface area contributed by atoms with E-state index in [4.69, 9.17) is 14.2 Å². The van der Waals surface area contributed by atoms with Crippen LogP contribution >= 0.6 is 24.8 Å². The van der Waals surface area contributed by atoms with Crippen molar-refractivity contribution in [2.75, 3.05) is 41.0 Å². The minimum Gasteiger partial charge on any atom is -0.496 e. The molecule has 0 aromatic heterocycles. The summed E-state index contributed by atoms with van der Waals surface area (Å²) in [4.78, 5) is 5.38. The highest BCUT2D eigenvalue weighted by molar-refractivity contribution is 5.85. The van der Waals surface area contributed by atoms with Crippen molar-refractivity contribution >= 4 is 24.8 Å². The van der Waals surface area contributed by atoms with Gasteiger partial charge in [-0.2, -0.15) is 0 Å². The largest absolute Gasteiger partial charge is 0.496 e. The van der Waals surface area contributed by atoms with Crippen LogP contribution in [0.1, 0.15) is 35.4 Å². The van der Waals surface area contributed by atoms with Crippen LogP contribution in [0.5, 0.6) is 17.2 Å². The van der Waals surface area contributed by atoms with Gasteiger partial charge in [0.15, 0.2) is 0 Å². The molecule has 200 valence electrons. The Morgan fingerprint density at radius 1 is 0.784 bits per heavy atom. The molecule has 5 nitrogen and oxygen atoms in total. The molecule has 0 aliphatic carbocycles. The summed E-state index contributed by atoms with van der Waals surface area (Å²) in [7, 11) is 5.11. The van der Waals surface area contributed by atoms with Gasteiger partial charge in [-0.3, -0.25) is 9.80 Å². The summed E-state index contributed by atoms with van der Waals surface area (Å²) >= 11 is 0. The van der Waals surface area contributed by atoms with Gasteiger partial charge < -0.3 is 14.2 Å². The molecule has 3 aromatic rings. The minimum atomic E-state index is 0. The lowest BCUT2D eigenvalue weighted by Gasteiger charge is -2.47. The third-order valence-corrected chi connectivity index (χ3v) is 7.66. The Morgan fingerprint density at radius 2 is 1.35 bits per heavy atom. The van der Waals surface area contributed by atoms with Crippen LogP contribution in [-0.2, 0) is 6.54 Å². The van der Waals surface area contributed by atoms with E-state index in [1.165, 1.54) is 30.5 Å². The van der Waals surface area contributed by atoms with Crippen molar-refractivity contribution in [3.63, 3.8) is 0 Å². The van der Waals surface area contributed by atoms with E-state index >= 15 is 0 Å². The number of benzene rings is 3. The van der Waals surface area contributed by atoms with E-state index in [9.17, 15) is 0 Å². The number of fused-ring (bicyclic) bond motifs is 1. The molecule has 0 bridgehead atoms. The summed E-state index contributed by atoms with van der Waals surface area (Å²) in [6.45, 7) is 4.01. The van der Waals surface area contributed by atoms with Gasteiger partial charge in [-0.25, -0.2) is 0 Å². The van der Waals surface area contributed by atoms with Crippen molar-refractivity contribution in [3.05, 3.63) is 89.5 Å². The molecule has 0 spiro atoms. The van der Waals surface area contributed by atoms with Gasteiger partial charge in [0.1, 0.15) is 17.2 Å². The van der Waals surface area contributed by atoms with E-state index < -0.39 is 0 Å². The zero-order chi connectivity index (χ0) is 24.2. The SMILES string of the molecule is COc1cc(OC)c(CN2CC(C(c3ccccc3)c3ccccc3)N3CCC[C@H]3C2)c(OC)c1.Cl.Cl. The van der Waals surface area contributed by atoms with Crippen molar-refractivity contribution < 1.29 is 14.2 Å². The molecule has 0 saturated carbocycles. The number of halogens is 2. The number of methoxy groups -OCH3 is 3. The van der Waals surface area contributed by atoms with Gasteiger partial charge in [0.2, 0.25) is 0 Å². The molecule has 3 aromatic carbocycles. The molecule has 37 heavy (non-hydrogen) atoms. The van der Waals surface area contributed by atoms with Crippen LogP contribution in [0.2, 0.25) is 0 Å². The van der Waals surface area contributed by atoms with E-state index in [1.54, 1.807) is 21.3 Å². The Kier molecular flexibility index (Phi) is 10.5. The van der Waals surface area contributed by atoms with Gasteiger partial charge in [-0.05, 0) is 30.5 Å². The standard InChI is InChI=1S/C30H36N2O3.2ClH/c1-33-25-17-28(34-2)26(29(18-25)35-3)20-31-19-24-15-10-16-32(24)27(21-31)30(22-11-6-4-7-12-22)23-13-8-5-9-14-23;;/h4-9,11-14,17-18,24,27,30H,10,15-16,19-21H2,1-3H3;2*1H/t24-,27?;;/m0../s1. The fourth-order valence-electron chi connectivity index (χ4n) is 6.07. The van der Waals surface area contributed by atoms with E-state index in [-0.39, 0.29) is 24.8 Å². The van der Waals surface area contributed by atoms with Crippen LogP contribution in [0.3, 0.4) is 0 Å². The maximum Gasteiger partial charge on any atom is 0.130 e. The molecule has 0 N–H and O–H groups in total. The first-order valence-electron chi connectivity index (χ1n) is 12.6. The van der Waals surface area contributed by atoms with Gasteiger partial charge >= 0.3 is 0 Å². The first-order valence-corrected chi connectivity index (χ1v) is 12.6. The quantitative estimate of drug-likeness (QED) is 0.345. The molecule has 2 aliphatic rings. The summed E-state index contributed by atoms with van der Waals surface area (Å²) in [5.41, 5.74) is 3.85. The Bertz CT molecular complexity index is 1050. The van der Waals surface area contributed by atoms with Crippen LogP contribution in [0.25, 0.3) is 0 Å². The third-order valence-electron chi connectivity index (χ3n) is 7.66. The first-order chi connectivity index (χ1) is 17.2. The average molecular weight is 546 g/mol. The highest BCUT2D eigenvalue weighted by Crippen LogP contribution is 2.40. The maximum absolute atomic E-state index is 5.77. The summed E-state index contributed by atoms with van der Waals surface area (Å²) in [6.07, 6.45) is 2.51. The van der Waals surface area contributed by atoms with Crippen LogP contribution in [0, 0.1) is 0 Å². The third kappa shape index (κ3) is 6.18. The minimum absolute atomic E-state index is 0. The smallest absolute Gasteiger partial charge is 0.130 e. The second-order valence-corrected chi connectivity index (χ2v) is 9.60. The number of piperazine rings is 1. The van der Waals surface area contributed by atoms with Crippen LogP contribution < -0.4 is 14.2 Å². The average Bonchev–Trinajstić information content (AvgIpc) is 3.39. The Hall–Kier alpha value is -2.44. The molecule has 2 aliphatic heterocycles. The normalized spacial score (nSPS) is 19.5. The number of ether oxygens (including phenoxy) is 3. The zero-order valence-corrected chi connectivity index (χ0v) is 23.5. The van der Waals surface area contributed by atoms with Crippen molar-refractivity contribution in [1.82, 2.24) is 9.80 Å². The van der Waals surface area contributed by atoms with Gasteiger partial charge in [0.05, 0.1) is 26.9 Å². The summed E-state index contributed by atoms with van der Waals surface area (Å²) < 4.78 is 17.0. The van der Waals surface area contributed by atoms with E-state index in [0.717, 1.165) is 42.4 Å². The van der Waals surface area contributed by atoms with Crippen LogP contribution in [0.15, 0.2) is 72.8 Å². The second-order valence-electron chi connectivity index (χ2n) is 9.60. The molecule has 1 unspecified atom stereocenters. The number of hydrogen-bond acceptors (Lipinski definition) is 5. The molecule has 2 heterocycles. The molecule has 7 heteroatoms. The van der Waals surface area contributed by atoms with E-state index in [0.29, 0.717) is 18.0 Å². The lowest BCUT2D eigenvalue weighted by atomic mass is 9.82.